The first-order valence-electron chi connectivity index (χ1n) is 7.01. The summed E-state index contributed by atoms with van der Waals surface area (Å²) in [4.78, 5) is 31.2. The van der Waals surface area contributed by atoms with Gasteiger partial charge >= 0.3 is 0 Å². The van der Waals surface area contributed by atoms with Gasteiger partial charge < -0.3 is 4.90 Å². The van der Waals surface area contributed by atoms with Gasteiger partial charge in [-0.3, -0.25) is 9.78 Å². The number of amides is 1. The Hall–Kier alpha value is -2.37. The summed E-state index contributed by atoms with van der Waals surface area (Å²) in [6.45, 7) is 5.28. The molecular weight excluding hydrogens is 266 g/mol. The van der Waals surface area contributed by atoms with Gasteiger partial charge in [0.2, 0.25) is 0 Å². The maximum absolute atomic E-state index is 12.3. The molecule has 6 heteroatoms. The molecule has 0 spiro atoms. The molecule has 3 rings (SSSR count). The highest BCUT2D eigenvalue weighted by Crippen LogP contribution is 2.25. The SMILES string of the molecule is Cc1cc(C)nc([C@@H]2CCN(C(=O)c3cnccn3)C2)n1. The van der Waals surface area contributed by atoms with E-state index in [1.807, 2.05) is 19.9 Å². The van der Waals surface area contributed by atoms with Crippen LogP contribution in [-0.4, -0.2) is 43.8 Å². The molecule has 0 radical (unpaired) electrons. The third kappa shape index (κ3) is 2.89. The van der Waals surface area contributed by atoms with E-state index < -0.39 is 0 Å². The molecule has 3 heterocycles. The van der Waals surface area contributed by atoms with Crippen LogP contribution in [0.3, 0.4) is 0 Å². The van der Waals surface area contributed by atoms with Crippen molar-refractivity contribution in [1.29, 1.82) is 0 Å². The summed E-state index contributed by atoms with van der Waals surface area (Å²) < 4.78 is 0. The minimum absolute atomic E-state index is 0.0741. The summed E-state index contributed by atoms with van der Waals surface area (Å²) in [5, 5.41) is 0. The average Bonchev–Trinajstić information content (AvgIpc) is 2.96. The summed E-state index contributed by atoms with van der Waals surface area (Å²) in [5.74, 6) is 0.959. The second-order valence-corrected chi connectivity index (χ2v) is 5.34. The van der Waals surface area contributed by atoms with E-state index in [-0.39, 0.29) is 11.8 Å². The minimum atomic E-state index is -0.0741. The fourth-order valence-corrected chi connectivity index (χ4v) is 2.66. The zero-order chi connectivity index (χ0) is 14.8. The van der Waals surface area contributed by atoms with Gasteiger partial charge in [0.1, 0.15) is 11.5 Å². The predicted molar refractivity (Wildman–Crippen MR) is 76.8 cm³/mol. The van der Waals surface area contributed by atoms with Gasteiger partial charge in [0.25, 0.3) is 5.91 Å². The van der Waals surface area contributed by atoms with Crippen molar-refractivity contribution in [2.45, 2.75) is 26.2 Å². The van der Waals surface area contributed by atoms with Crippen molar-refractivity contribution < 1.29 is 4.79 Å². The maximum atomic E-state index is 12.3. The van der Waals surface area contributed by atoms with Crippen LogP contribution in [0.15, 0.2) is 24.7 Å². The predicted octanol–water partition coefficient (Wildman–Crippen LogP) is 1.51. The molecule has 1 amide bonds. The standard InChI is InChI=1S/C15H17N5O/c1-10-7-11(2)19-14(18-10)12-3-6-20(9-12)15(21)13-8-16-4-5-17-13/h4-5,7-8,12H,3,6,9H2,1-2H3/t12-/m1/s1. The first-order chi connectivity index (χ1) is 10.1. The second-order valence-electron chi connectivity index (χ2n) is 5.34. The Bertz CT molecular complexity index is 638. The lowest BCUT2D eigenvalue weighted by atomic mass is 10.1. The van der Waals surface area contributed by atoms with Crippen LogP contribution in [0.2, 0.25) is 0 Å². The van der Waals surface area contributed by atoms with E-state index in [2.05, 4.69) is 19.9 Å². The van der Waals surface area contributed by atoms with Gasteiger partial charge in [-0.25, -0.2) is 15.0 Å². The van der Waals surface area contributed by atoms with E-state index in [0.717, 1.165) is 23.6 Å². The van der Waals surface area contributed by atoms with Crippen molar-refractivity contribution in [3.8, 4) is 0 Å². The largest absolute Gasteiger partial charge is 0.337 e. The van der Waals surface area contributed by atoms with Crippen molar-refractivity contribution in [3.63, 3.8) is 0 Å². The molecule has 21 heavy (non-hydrogen) atoms. The van der Waals surface area contributed by atoms with Crippen LogP contribution < -0.4 is 0 Å². The molecule has 6 nitrogen and oxygen atoms in total. The molecular formula is C15H17N5O. The van der Waals surface area contributed by atoms with Crippen LogP contribution >= 0.6 is 0 Å². The molecule has 0 N–H and O–H groups in total. The Morgan fingerprint density at radius 2 is 2.00 bits per heavy atom. The summed E-state index contributed by atoms with van der Waals surface area (Å²) in [5.41, 5.74) is 2.33. The van der Waals surface area contributed by atoms with Crippen molar-refractivity contribution in [1.82, 2.24) is 24.8 Å². The Labute approximate surface area is 123 Å². The van der Waals surface area contributed by atoms with Crippen LogP contribution in [0.5, 0.6) is 0 Å². The van der Waals surface area contributed by atoms with Gasteiger partial charge in [0, 0.05) is 42.8 Å². The lowest BCUT2D eigenvalue weighted by molar-refractivity contribution is 0.0784. The topological polar surface area (TPSA) is 71.9 Å². The lowest BCUT2D eigenvalue weighted by Crippen LogP contribution is -2.29. The van der Waals surface area contributed by atoms with Crippen molar-refractivity contribution in [2.24, 2.45) is 0 Å². The number of hydrogen-bond donors (Lipinski definition) is 0. The highest BCUT2D eigenvalue weighted by Gasteiger charge is 2.30. The Morgan fingerprint density at radius 3 is 2.67 bits per heavy atom. The van der Waals surface area contributed by atoms with Crippen molar-refractivity contribution in [3.05, 3.63) is 47.6 Å². The number of carbonyl (C=O) groups excluding carboxylic acids is 1. The molecule has 2 aromatic rings. The molecule has 1 atom stereocenters. The number of rotatable bonds is 2. The van der Waals surface area contributed by atoms with Crippen LogP contribution in [0.25, 0.3) is 0 Å². The number of hydrogen-bond acceptors (Lipinski definition) is 5. The molecule has 0 aromatic carbocycles. The second kappa shape index (κ2) is 5.55. The first-order valence-corrected chi connectivity index (χ1v) is 7.01. The average molecular weight is 283 g/mol. The molecule has 0 bridgehead atoms. The zero-order valence-corrected chi connectivity index (χ0v) is 12.2. The number of likely N-dealkylation sites (tertiary alicyclic amines) is 1. The van der Waals surface area contributed by atoms with Gasteiger partial charge in [-0.1, -0.05) is 0 Å². The van der Waals surface area contributed by atoms with Crippen LogP contribution in [0, 0.1) is 13.8 Å². The fraction of sp³-hybridized carbons (Fsp3) is 0.400. The Balaban J connectivity index is 1.75. The molecule has 1 fully saturated rings. The number of aryl methyl sites for hydroxylation is 2. The van der Waals surface area contributed by atoms with E-state index in [1.165, 1.54) is 12.4 Å². The van der Waals surface area contributed by atoms with Crippen LogP contribution in [0.1, 0.15) is 40.0 Å². The molecule has 2 aromatic heterocycles. The summed E-state index contributed by atoms with van der Waals surface area (Å²) >= 11 is 0. The number of aromatic nitrogens is 4. The lowest BCUT2D eigenvalue weighted by Gasteiger charge is -2.15. The zero-order valence-electron chi connectivity index (χ0n) is 12.2. The Morgan fingerprint density at radius 1 is 1.24 bits per heavy atom. The van der Waals surface area contributed by atoms with E-state index in [1.54, 1.807) is 11.1 Å². The van der Waals surface area contributed by atoms with Crippen LogP contribution in [-0.2, 0) is 0 Å². The molecule has 0 unspecified atom stereocenters. The van der Waals surface area contributed by atoms with E-state index in [9.17, 15) is 4.79 Å². The van der Waals surface area contributed by atoms with Gasteiger partial charge in [-0.05, 0) is 26.3 Å². The number of nitrogens with zero attached hydrogens (tertiary/aromatic N) is 5. The van der Waals surface area contributed by atoms with Gasteiger partial charge in [0.05, 0.1) is 6.20 Å². The maximum Gasteiger partial charge on any atom is 0.274 e. The van der Waals surface area contributed by atoms with Crippen molar-refractivity contribution in [2.75, 3.05) is 13.1 Å². The summed E-state index contributed by atoms with van der Waals surface area (Å²) in [6, 6.07) is 1.96. The third-order valence-corrected chi connectivity index (χ3v) is 3.62. The first kappa shape index (κ1) is 13.6. The highest BCUT2D eigenvalue weighted by molar-refractivity contribution is 5.92. The molecule has 1 aliphatic heterocycles. The molecule has 1 saturated heterocycles. The molecule has 108 valence electrons. The van der Waals surface area contributed by atoms with Gasteiger partial charge in [-0.2, -0.15) is 0 Å². The minimum Gasteiger partial charge on any atom is -0.337 e. The molecule has 0 saturated carbocycles. The third-order valence-electron chi connectivity index (χ3n) is 3.62. The highest BCUT2D eigenvalue weighted by atomic mass is 16.2. The van der Waals surface area contributed by atoms with E-state index in [4.69, 9.17) is 0 Å². The Kier molecular flexibility index (Phi) is 3.60. The quantitative estimate of drug-likeness (QED) is 0.835. The van der Waals surface area contributed by atoms with Crippen LogP contribution in [0.4, 0.5) is 0 Å². The van der Waals surface area contributed by atoms with E-state index >= 15 is 0 Å². The molecule has 1 aliphatic rings. The number of carbonyl (C=O) groups is 1. The normalized spacial score (nSPS) is 18.0. The monoisotopic (exact) mass is 283 g/mol. The molecule has 0 aliphatic carbocycles. The van der Waals surface area contributed by atoms with E-state index in [0.29, 0.717) is 18.8 Å². The van der Waals surface area contributed by atoms with Gasteiger partial charge in [0.15, 0.2) is 0 Å². The van der Waals surface area contributed by atoms with Gasteiger partial charge in [-0.15, -0.1) is 0 Å². The van der Waals surface area contributed by atoms with Crippen molar-refractivity contribution >= 4 is 5.91 Å². The summed E-state index contributed by atoms with van der Waals surface area (Å²) in [6.07, 6.45) is 5.48. The smallest absolute Gasteiger partial charge is 0.274 e. The fourth-order valence-electron chi connectivity index (χ4n) is 2.66. The summed E-state index contributed by atoms with van der Waals surface area (Å²) in [7, 11) is 0.